The lowest BCUT2D eigenvalue weighted by Gasteiger charge is -2.34. The van der Waals surface area contributed by atoms with Crippen molar-refractivity contribution in [2.75, 3.05) is 0 Å². The van der Waals surface area contributed by atoms with Gasteiger partial charge in [-0.1, -0.05) is 54.4 Å². The number of carboxylic acids is 1. The fraction of sp³-hybridized carbons (Fsp3) is 0.471. The van der Waals surface area contributed by atoms with Crippen LogP contribution in [0.5, 0.6) is 11.5 Å². The Kier molecular flexibility index (Phi) is 9.10. The smallest absolute Gasteiger partial charge is 0.335 e. The Morgan fingerprint density at radius 2 is 1.27 bits per heavy atom. The molecule has 3 aromatic rings. The second-order valence-electron chi connectivity index (χ2n) is 13.4. The number of pyridine rings is 1. The fourth-order valence-electron chi connectivity index (χ4n) is 5.74. The van der Waals surface area contributed by atoms with Crippen molar-refractivity contribution in [3.63, 3.8) is 0 Å². The van der Waals surface area contributed by atoms with Crippen LogP contribution in [0.15, 0.2) is 48.8 Å². The van der Waals surface area contributed by atoms with Crippen molar-refractivity contribution in [3.8, 4) is 22.6 Å². The first-order valence-corrected chi connectivity index (χ1v) is 14.6. The van der Waals surface area contributed by atoms with Gasteiger partial charge >= 0.3 is 5.97 Å². The van der Waals surface area contributed by atoms with Gasteiger partial charge in [0.15, 0.2) is 0 Å². The third kappa shape index (κ3) is 7.27. The van der Waals surface area contributed by atoms with Crippen molar-refractivity contribution >= 4 is 5.97 Å². The number of nitrogens with one attached hydrogen (secondary N) is 2. The SMILES string of the molecule is CC(C)(C)c1cc(C(=O)O)cc(CN[C@@H]2CCCC[C@H]2NCc2cc(-c3ccncc3)cc(C(C)(C)C)c2O)c1O. The molecular weight excluding hydrogens is 514 g/mol. The number of hydrogen-bond acceptors (Lipinski definition) is 6. The summed E-state index contributed by atoms with van der Waals surface area (Å²) >= 11 is 0. The normalized spacial score (nSPS) is 17.9. The van der Waals surface area contributed by atoms with Gasteiger partial charge in [-0.05, 0) is 71.2 Å². The highest BCUT2D eigenvalue weighted by atomic mass is 16.4. The lowest BCUT2D eigenvalue weighted by Crippen LogP contribution is -2.49. The maximum atomic E-state index is 11.8. The number of hydrogen-bond donors (Lipinski definition) is 5. The molecule has 0 spiro atoms. The molecule has 5 N–H and O–H groups in total. The van der Waals surface area contributed by atoms with Gasteiger partial charge in [-0.2, -0.15) is 0 Å². The van der Waals surface area contributed by atoms with E-state index in [0.29, 0.717) is 30.0 Å². The first-order chi connectivity index (χ1) is 19.3. The molecule has 0 amide bonds. The van der Waals surface area contributed by atoms with Gasteiger partial charge in [-0.15, -0.1) is 0 Å². The number of phenols is 2. The largest absolute Gasteiger partial charge is 0.507 e. The Bertz CT molecular complexity index is 1370. The van der Waals surface area contributed by atoms with Gasteiger partial charge in [0.1, 0.15) is 11.5 Å². The molecular formula is C34H45N3O4. The molecule has 1 aliphatic carbocycles. The second-order valence-corrected chi connectivity index (χ2v) is 13.4. The Morgan fingerprint density at radius 3 is 1.76 bits per heavy atom. The molecule has 0 bridgehead atoms. The predicted octanol–water partition coefficient (Wildman–Crippen LogP) is 6.64. The van der Waals surface area contributed by atoms with E-state index in [1.54, 1.807) is 24.5 Å². The zero-order chi connectivity index (χ0) is 29.9. The van der Waals surface area contributed by atoms with Crippen LogP contribution in [-0.2, 0) is 23.9 Å². The van der Waals surface area contributed by atoms with Gasteiger partial charge in [0.25, 0.3) is 0 Å². The van der Waals surface area contributed by atoms with E-state index in [9.17, 15) is 20.1 Å². The lowest BCUT2D eigenvalue weighted by atomic mass is 9.83. The second kappa shape index (κ2) is 12.2. The monoisotopic (exact) mass is 559 g/mol. The number of phenolic OH excluding ortho intramolecular Hbond substituents is 2. The molecule has 7 nitrogen and oxygen atoms in total. The van der Waals surface area contributed by atoms with Gasteiger partial charge < -0.3 is 26.0 Å². The van der Waals surface area contributed by atoms with Crippen molar-refractivity contribution in [1.29, 1.82) is 0 Å². The molecule has 220 valence electrons. The van der Waals surface area contributed by atoms with E-state index in [1.165, 1.54) is 0 Å². The van der Waals surface area contributed by atoms with Gasteiger partial charge in [0, 0.05) is 59.8 Å². The zero-order valence-electron chi connectivity index (χ0n) is 25.2. The predicted molar refractivity (Wildman–Crippen MR) is 164 cm³/mol. The number of aromatic nitrogens is 1. The van der Waals surface area contributed by atoms with E-state index in [0.717, 1.165) is 47.9 Å². The molecule has 0 unspecified atom stereocenters. The van der Waals surface area contributed by atoms with Crippen LogP contribution in [0.25, 0.3) is 11.1 Å². The number of carbonyl (C=O) groups is 1. The molecule has 41 heavy (non-hydrogen) atoms. The fourth-order valence-corrected chi connectivity index (χ4v) is 5.74. The van der Waals surface area contributed by atoms with Crippen LogP contribution in [0.4, 0.5) is 0 Å². The van der Waals surface area contributed by atoms with E-state index in [-0.39, 0.29) is 28.8 Å². The molecule has 0 aliphatic heterocycles. The minimum atomic E-state index is -1.00. The Morgan fingerprint density at radius 1 is 0.780 bits per heavy atom. The molecule has 0 saturated heterocycles. The molecule has 7 heteroatoms. The number of nitrogens with zero attached hydrogens (tertiary/aromatic N) is 1. The van der Waals surface area contributed by atoms with Crippen molar-refractivity contribution in [1.82, 2.24) is 15.6 Å². The van der Waals surface area contributed by atoms with Crippen molar-refractivity contribution < 1.29 is 20.1 Å². The van der Waals surface area contributed by atoms with E-state index in [2.05, 4.69) is 48.5 Å². The first kappa shape index (κ1) is 30.5. The van der Waals surface area contributed by atoms with Crippen LogP contribution >= 0.6 is 0 Å². The third-order valence-corrected chi connectivity index (χ3v) is 8.13. The summed E-state index contributed by atoms with van der Waals surface area (Å²) in [6, 6.07) is 11.5. The number of aromatic hydroxyl groups is 2. The number of aromatic carboxylic acids is 1. The van der Waals surface area contributed by atoms with E-state index in [1.807, 2.05) is 32.9 Å². The van der Waals surface area contributed by atoms with Crippen LogP contribution in [0.3, 0.4) is 0 Å². The summed E-state index contributed by atoms with van der Waals surface area (Å²) < 4.78 is 0. The maximum absolute atomic E-state index is 11.8. The first-order valence-electron chi connectivity index (χ1n) is 14.6. The molecule has 1 fully saturated rings. The summed E-state index contributed by atoms with van der Waals surface area (Å²) in [5, 5.41) is 39.3. The van der Waals surface area contributed by atoms with Crippen molar-refractivity contribution in [3.05, 3.63) is 76.6 Å². The molecule has 0 radical (unpaired) electrons. The summed E-state index contributed by atoms with van der Waals surface area (Å²) in [7, 11) is 0. The Labute approximate surface area is 244 Å². The van der Waals surface area contributed by atoms with Crippen LogP contribution < -0.4 is 10.6 Å². The highest BCUT2D eigenvalue weighted by molar-refractivity contribution is 5.88. The molecule has 1 heterocycles. The molecule has 1 saturated carbocycles. The van der Waals surface area contributed by atoms with Crippen LogP contribution in [-0.4, -0.2) is 38.4 Å². The molecule has 1 aromatic heterocycles. The third-order valence-electron chi connectivity index (χ3n) is 8.13. The molecule has 1 aliphatic rings. The summed E-state index contributed by atoms with van der Waals surface area (Å²) in [4.78, 5) is 16.0. The topological polar surface area (TPSA) is 115 Å². The molecule has 4 rings (SSSR count). The van der Waals surface area contributed by atoms with Gasteiger partial charge in [0.2, 0.25) is 0 Å². The average Bonchev–Trinajstić information content (AvgIpc) is 2.91. The molecule has 2 atom stereocenters. The summed E-state index contributed by atoms with van der Waals surface area (Å²) in [5.41, 5.74) is 4.66. The van der Waals surface area contributed by atoms with Crippen LogP contribution in [0.2, 0.25) is 0 Å². The Hall–Kier alpha value is -3.42. The van der Waals surface area contributed by atoms with E-state index < -0.39 is 11.4 Å². The quantitative estimate of drug-likeness (QED) is 0.210. The van der Waals surface area contributed by atoms with E-state index in [4.69, 9.17) is 0 Å². The number of rotatable bonds is 8. The number of benzene rings is 2. The van der Waals surface area contributed by atoms with Crippen molar-refractivity contribution in [2.24, 2.45) is 0 Å². The maximum Gasteiger partial charge on any atom is 0.335 e. The summed E-state index contributed by atoms with van der Waals surface area (Å²) in [6.45, 7) is 13.1. The van der Waals surface area contributed by atoms with Crippen molar-refractivity contribution in [2.45, 2.75) is 103 Å². The number of carboxylic acid groups (broad SMARTS) is 1. The highest BCUT2D eigenvalue weighted by Gasteiger charge is 2.28. The van der Waals surface area contributed by atoms with Crippen LogP contribution in [0, 0.1) is 0 Å². The Balaban J connectivity index is 1.55. The van der Waals surface area contributed by atoms with Gasteiger partial charge in [-0.3, -0.25) is 4.98 Å². The minimum Gasteiger partial charge on any atom is -0.507 e. The standard InChI is InChI=1S/C34H45N3O4/c1-33(2,3)26-17-22(21-11-13-35-14-12-21)15-24(30(26)38)19-36-28-9-7-8-10-29(28)37-20-25-16-23(32(40)41)18-27(31(25)39)34(4,5)6/h11-18,28-29,36-39H,7-10,19-20H2,1-6H3,(H,40,41)/t28-,29-/m1/s1. The summed E-state index contributed by atoms with van der Waals surface area (Å²) in [6.07, 6.45) is 7.73. The lowest BCUT2D eigenvalue weighted by molar-refractivity contribution is 0.0696. The van der Waals surface area contributed by atoms with Gasteiger partial charge in [0.05, 0.1) is 5.56 Å². The minimum absolute atomic E-state index is 0.141. The zero-order valence-corrected chi connectivity index (χ0v) is 25.2. The van der Waals surface area contributed by atoms with Crippen LogP contribution in [0.1, 0.15) is 99.8 Å². The molecule has 2 aromatic carbocycles. The average molecular weight is 560 g/mol. The van der Waals surface area contributed by atoms with Gasteiger partial charge in [-0.25, -0.2) is 4.79 Å². The highest BCUT2D eigenvalue weighted by Crippen LogP contribution is 2.38. The summed E-state index contributed by atoms with van der Waals surface area (Å²) in [5.74, 6) is -0.520. The van der Waals surface area contributed by atoms with E-state index >= 15 is 0 Å².